The Balaban J connectivity index is 1.92. The molecule has 0 aliphatic carbocycles. The standard InChI is InChI=1S/C16H17ClN2O/c1-11-4-3-5-13(8-11)10-18-16(20)19-15-7-6-12(2)9-14(15)17/h3-9H,10H2,1-2H3,(H2,18,19,20). The van der Waals surface area contributed by atoms with Crippen molar-refractivity contribution in [2.45, 2.75) is 20.4 Å². The van der Waals surface area contributed by atoms with Gasteiger partial charge in [0.25, 0.3) is 0 Å². The van der Waals surface area contributed by atoms with Crippen LogP contribution in [-0.4, -0.2) is 6.03 Å². The van der Waals surface area contributed by atoms with Gasteiger partial charge >= 0.3 is 6.03 Å². The summed E-state index contributed by atoms with van der Waals surface area (Å²) in [5.41, 5.74) is 3.90. The van der Waals surface area contributed by atoms with Gasteiger partial charge in [0.05, 0.1) is 10.7 Å². The zero-order chi connectivity index (χ0) is 14.5. The second-order valence-corrected chi connectivity index (χ2v) is 5.19. The third-order valence-electron chi connectivity index (χ3n) is 2.91. The summed E-state index contributed by atoms with van der Waals surface area (Å²) in [7, 11) is 0. The molecule has 104 valence electrons. The minimum atomic E-state index is -0.266. The molecule has 0 spiro atoms. The van der Waals surface area contributed by atoms with Gasteiger partial charge in [0.2, 0.25) is 0 Å². The van der Waals surface area contributed by atoms with Crippen molar-refractivity contribution < 1.29 is 4.79 Å². The maximum absolute atomic E-state index is 11.8. The van der Waals surface area contributed by atoms with E-state index in [1.807, 2.05) is 50.2 Å². The summed E-state index contributed by atoms with van der Waals surface area (Å²) < 4.78 is 0. The number of anilines is 1. The van der Waals surface area contributed by atoms with Crippen LogP contribution in [0.5, 0.6) is 0 Å². The predicted molar refractivity (Wildman–Crippen MR) is 83.2 cm³/mol. The fourth-order valence-corrected chi connectivity index (χ4v) is 2.17. The molecule has 0 fully saturated rings. The molecule has 0 bridgehead atoms. The molecule has 2 aromatic carbocycles. The molecule has 0 aliphatic rings. The van der Waals surface area contributed by atoms with Gasteiger partial charge in [-0.3, -0.25) is 0 Å². The fourth-order valence-electron chi connectivity index (χ4n) is 1.89. The third-order valence-corrected chi connectivity index (χ3v) is 3.22. The Kier molecular flexibility index (Phi) is 4.64. The number of halogens is 1. The second kappa shape index (κ2) is 6.44. The van der Waals surface area contributed by atoms with Crippen molar-refractivity contribution in [2.24, 2.45) is 0 Å². The molecule has 3 nitrogen and oxygen atoms in total. The highest BCUT2D eigenvalue weighted by atomic mass is 35.5. The van der Waals surface area contributed by atoms with Crippen molar-refractivity contribution in [1.82, 2.24) is 5.32 Å². The number of carbonyl (C=O) groups is 1. The third kappa shape index (κ3) is 4.00. The van der Waals surface area contributed by atoms with Crippen LogP contribution in [0.4, 0.5) is 10.5 Å². The van der Waals surface area contributed by atoms with Crippen LogP contribution in [0.1, 0.15) is 16.7 Å². The molecular formula is C16H17ClN2O. The molecule has 0 unspecified atom stereocenters. The maximum atomic E-state index is 11.8. The summed E-state index contributed by atoms with van der Waals surface area (Å²) in [6, 6.07) is 13.3. The lowest BCUT2D eigenvalue weighted by molar-refractivity contribution is 0.251. The number of urea groups is 1. The van der Waals surface area contributed by atoms with Gasteiger partial charge in [0.15, 0.2) is 0 Å². The molecule has 0 aliphatic heterocycles. The van der Waals surface area contributed by atoms with E-state index in [4.69, 9.17) is 11.6 Å². The van der Waals surface area contributed by atoms with E-state index in [2.05, 4.69) is 10.6 Å². The topological polar surface area (TPSA) is 41.1 Å². The quantitative estimate of drug-likeness (QED) is 0.869. The first-order valence-electron chi connectivity index (χ1n) is 6.41. The Morgan fingerprint density at radius 2 is 1.85 bits per heavy atom. The van der Waals surface area contributed by atoms with E-state index in [0.717, 1.165) is 11.1 Å². The lowest BCUT2D eigenvalue weighted by Crippen LogP contribution is -2.28. The predicted octanol–water partition coefficient (Wildman–Crippen LogP) is 4.28. The van der Waals surface area contributed by atoms with Crippen LogP contribution in [0, 0.1) is 13.8 Å². The number of hydrogen-bond acceptors (Lipinski definition) is 1. The van der Waals surface area contributed by atoms with Crippen LogP contribution < -0.4 is 10.6 Å². The Labute approximate surface area is 124 Å². The summed E-state index contributed by atoms with van der Waals surface area (Å²) in [6.07, 6.45) is 0. The molecule has 2 amide bonds. The zero-order valence-corrected chi connectivity index (χ0v) is 12.3. The number of amides is 2. The van der Waals surface area contributed by atoms with E-state index in [9.17, 15) is 4.79 Å². The monoisotopic (exact) mass is 288 g/mol. The van der Waals surface area contributed by atoms with Crippen molar-refractivity contribution >= 4 is 23.3 Å². The molecule has 2 aromatic rings. The average molecular weight is 289 g/mol. The summed E-state index contributed by atoms with van der Waals surface area (Å²) >= 11 is 6.07. The number of aryl methyl sites for hydroxylation is 2. The van der Waals surface area contributed by atoms with Crippen LogP contribution in [0.2, 0.25) is 5.02 Å². The first kappa shape index (κ1) is 14.4. The van der Waals surface area contributed by atoms with E-state index in [-0.39, 0.29) is 6.03 Å². The Bertz CT molecular complexity index is 626. The fraction of sp³-hybridized carbons (Fsp3) is 0.188. The Morgan fingerprint density at radius 3 is 2.55 bits per heavy atom. The highest BCUT2D eigenvalue weighted by Gasteiger charge is 2.05. The number of hydrogen-bond donors (Lipinski definition) is 2. The number of rotatable bonds is 3. The molecule has 4 heteroatoms. The van der Waals surface area contributed by atoms with Gasteiger partial charge in [-0.25, -0.2) is 4.79 Å². The van der Waals surface area contributed by atoms with Crippen molar-refractivity contribution in [1.29, 1.82) is 0 Å². The van der Waals surface area contributed by atoms with Crippen molar-refractivity contribution in [2.75, 3.05) is 5.32 Å². The molecule has 0 saturated heterocycles. The molecule has 2 N–H and O–H groups in total. The smallest absolute Gasteiger partial charge is 0.319 e. The van der Waals surface area contributed by atoms with Gasteiger partial charge in [-0.15, -0.1) is 0 Å². The van der Waals surface area contributed by atoms with Gasteiger partial charge in [-0.05, 0) is 37.1 Å². The van der Waals surface area contributed by atoms with E-state index in [1.165, 1.54) is 5.56 Å². The first-order chi connectivity index (χ1) is 9.54. The highest BCUT2D eigenvalue weighted by molar-refractivity contribution is 6.33. The van der Waals surface area contributed by atoms with Crippen molar-refractivity contribution in [3.63, 3.8) is 0 Å². The van der Waals surface area contributed by atoms with Gasteiger partial charge in [0, 0.05) is 6.54 Å². The molecule has 0 heterocycles. The van der Waals surface area contributed by atoms with Gasteiger partial charge in [-0.2, -0.15) is 0 Å². The van der Waals surface area contributed by atoms with E-state index in [0.29, 0.717) is 17.3 Å². The zero-order valence-electron chi connectivity index (χ0n) is 11.5. The van der Waals surface area contributed by atoms with Gasteiger partial charge in [0.1, 0.15) is 0 Å². The molecule has 20 heavy (non-hydrogen) atoms. The molecule has 0 saturated carbocycles. The van der Waals surface area contributed by atoms with Crippen LogP contribution in [0.15, 0.2) is 42.5 Å². The maximum Gasteiger partial charge on any atom is 0.319 e. The molecule has 0 atom stereocenters. The van der Waals surface area contributed by atoms with Gasteiger partial charge in [-0.1, -0.05) is 47.5 Å². The minimum Gasteiger partial charge on any atom is -0.334 e. The Morgan fingerprint density at radius 1 is 1.10 bits per heavy atom. The first-order valence-corrected chi connectivity index (χ1v) is 6.79. The normalized spacial score (nSPS) is 10.2. The van der Waals surface area contributed by atoms with E-state index < -0.39 is 0 Å². The lowest BCUT2D eigenvalue weighted by Gasteiger charge is -2.10. The van der Waals surface area contributed by atoms with Crippen LogP contribution in [0.3, 0.4) is 0 Å². The van der Waals surface area contributed by atoms with Crippen molar-refractivity contribution in [3.05, 3.63) is 64.2 Å². The molecule has 0 aromatic heterocycles. The van der Waals surface area contributed by atoms with E-state index in [1.54, 1.807) is 6.07 Å². The summed E-state index contributed by atoms with van der Waals surface area (Å²) in [5, 5.41) is 6.09. The number of benzene rings is 2. The largest absolute Gasteiger partial charge is 0.334 e. The Hall–Kier alpha value is -2.00. The van der Waals surface area contributed by atoms with Crippen molar-refractivity contribution in [3.8, 4) is 0 Å². The number of carbonyl (C=O) groups excluding carboxylic acids is 1. The molecule has 0 radical (unpaired) electrons. The summed E-state index contributed by atoms with van der Waals surface area (Å²) in [5.74, 6) is 0. The molecular weight excluding hydrogens is 272 g/mol. The molecule has 2 rings (SSSR count). The summed E-state index contributed by atoms with van der Waals surface area (Å²) in [6.45, 7) is 4.46. The minimum absolute atomic E-state index is 0.266. The number of nitrogens with one attached hydrogen (secondary N) is 2. The average Bonchev–Trinajstić information content (AvgIpc) is 2.40. The van der Waals surface area contributed by atoms with E-state index >= 15 is 0 Å². The van der Waals surface area contributed by atoms with Crippen LogP contribution in [0.25, 0.3) is 0 Å². The SMILES string of the molecule is Cc1cccc(CNC(=O)Nc2ccc(C)cc2Cl)c1. The van der Waals surface area contributed by atoms with Crippen LogP contribution in [-0.2, 0) is 6.54 Å². The second-order valence-electron chi connectivity index (χ2n) is 4.78. The highest BCUT2D eigenvalue weighted by Crippen LogP contribution is 2.22. The lowest BCUT2D eigenvalue weighted by atomic mass is 10.1. The van der Waals surface area contributed by atoms with Gasteiger partial charge < -0.3 is 10.6 Å². The summed E-state index contributed by atoms with van der Waals surface area (Å²) in [4.78, 5) is 11.8. The van der Waals surface area contributed by atoms with Crippen LogP contribution >= 0.6 is 11.6 Å².